The summed E-state index contributed by atoms with van der Waals surface area (Å²) >= 11 is 0. The summed E-state index contributed by atoms with van der Waals surface area (Å²) < 4.78 is 0. The summed E-state index contributed by atoms with van der Waals surface area (Å²) in [5.41, 5.74) is -0.641. The lowest BCUT2D eigenvalue weighted by Gasteiger charge is -2.61. The highest BCUT2D eigenvalue weighted by atomic mass is 16.3. The maximum atomic E-state index is 11.3. The van der Waals surface area contributed by atoms with Crippen LogP contribution in [0.3, 0.4) is 0 Å². The molecule has 3 nitrogen and oxygen atoms in total. The maximum absolute atomic E-state index is 11.3. The molecule has 0 amide bonds. The summed E-state index contributed by atoms with van der Waals surface area (Å²) in [5.74, 6) is 2.69. The fourth-order valence-corrected chi connectivity index (χ4v) is 7.97. The third-order valence-electron chi connectivity index (χ3n) is 9.54. The number of aliphatic hydroxyl groups is 3. The number of rotatable bonds is 1. The van der Waals surface area contributed by atoms with Gasteiger partial charge in [0.1, 0.15) is 0 Å². The normalized spacial score (nSPS) is 58.5. The first-order valence-corrected chi connectivity index (χ1v) is 10.3. The van der Waals surface area contributed by atoms with Gasteiger partial charge in [0.05, 0.1) is 17.8 Å². The third kappa shape index (κ3) is 2.07. The van der Waals surface area contributed by atoms with Crippen molar-refractivity contribution in [3.63, 3.8) is 0 Å². The van der Waals surface area contributed by atoms with Crippen LogP contribution >= 0.6 is 0 Å². The lowest BCUT2D eigenvalue weighted by molar-refractivity contribution is -0.186. The van der Waals surface area contributed by atoms with E-state index >= 15 is 0 Å². The van der Waals surface area contributed by atoms with Crippen molar-refractivity contribution in [3.8, 4) is 0 Å². The van der Waals surface area contributed by atoms with Crippen LogP contribution in [0.1, 0.15) is 78.6 Å². The average Bonchev–Trinajstić information content (AvgIpc) is 2.81. The van der Waals surface area contributed by atoms with Crippen molar-refractivity contribution < 1.29 is 15.3 Å². The first-order chi connectivity index (χ1) is 11.2. The van der Waals surface area contributed by atoms with Crippen molar-refractivity contribution in [1.82, 2.24) is 0 Å². The van der Waals surface area contributed by atoms with Crippen LogP contribution in [0.4, 0.5) is 0 Å². The summed E-state index contributed by atoms with van der Waals surface area (Å²) in [6, 6.07) is 0. The predicted molar refractivity (Wildman–Crippen MR) is 94.4 cm³/mol. The van der Waals surface area contributed by atoms with Gasteiger partial charge < -0.3 is 15.3 Å². The average molecular weight is 337 g/mol. The quantitative estimate of drug-likeness (QED) is 0.687. The van der Waals surface area contributed by atoms with E-state index < -0.39 is 11.7 Å². The zero-order valence-corrected chi connectivity index (χ0v) is 15.7. The van der Waals surface area contributed by atoms with Gasteiger partial charge in [-0.15, -0.1) is 0 Å². The van der Waals surface area contributed by atoms with Gasteiger partial charge in [0, 0.05) is 5.41 Å². The molecule has 0 aromatic rings. The summed E-state index contributed by atoms with van der Waals surface area (Å²) in [7, 11) is 0. The smallest absolute Gasteiger partial charge is 0.0958 e. The topological polar surface area (TPSA) is 60.7 Å². The van der Waals surface area contributed by atoms with E-state index in [2.05, 4.69) is 13.8 Å². The molecule has 0 spiro atoms. The highest BCUT2D eigenvalue weighted by Crippen LogP contribution is 2.68. The minimum atomic E-state index is -0.900. The van der Waals surface area contributed by atoms with E-state index in [-0.39, 0.29) is 11.5 Å². The van der Waals surface area contributed by atoms with Crippen LogP contribution in [0.2, 0.25) is 0 Å². The second-order valence-electron chi connectivity index (χ2n) is 10.2. The van der Waals surface area contributed by atoms with Crippen molar-refractivity contribution in [2.24, 2.45) is 34.5 Å². The Balaban J connectivity index is 1.63. The molecule has 0 heterocycles. The molecule has 0 bridgehead atoms. The van der Waals surface area contributed by atoms with Gasteiger partial charge in [-0.2, -0.15) is 0 Å². The third-order valence-corrected chi connectivity index (χ3v) is 9.54. The van der Waals surface area contributed by atoms with Gasteiger partial charge in [0.25, 0.3) is 0 Å². The van der Waals surface area contributed by atoms with E-state index in [9.17, 15) is 15.3 Å². The molecule has 9 atom stereocenters. The molecular formula is C21H36O3. The van der Waals surface area contributed by atoms with Crippen LogP contribution in [0, 0.1) is 34.5 Å². The van der Waals surface area contributed by atoms with Gasteiger partial charge in [-0.3, -0.25) is 0 Å². The second-order valence-corrected chi connectivity index (χ2v) is 10.2. The highest BCUT2D eigenvalue weighted by molar-refractivity contribution is 5.15. The Morgan fingerprint density at radius 1 is 0.917 bits per heavy atom. The van der Waals surface area contributed by atoms with Crippen molar-refractivity contribution in [1.29, 1.82) is 0 Å². The molecule has 0 unspecified atom stereocenters. The lowest BCUT2D eigenvalue weighted by Crippen LogP contribution is -2.59. The Bertz CT molecular complexity index is 505. The monoisotopic (exact) mass is 336 g/mol. The molecule has 4 aliphatic rings. The van der Waals surface area contributed by atoms with Crippen molar-refractivity contribution in [3.05, 3.63) is 0 Å². The van der Waals surface area contributed by atoms with Gasteiger partial charge in [-0.05, 0) is 93.8 Å². The molecule has 4 aliphatic carbocycles. The van der Waals surface area contributed by atoms with Crippen LogP contribution in [0.5, 0.6) is 0 Å². The Morgan fingerprint density at radius 2 is 1.62 bits per heavy atom. The summed E-state index contributed by atoms with van der Waals surface area (Å²) in [6.07, 6.45) is 8.99. The highest BCUT2D eigenvalue weighted by Gasteiger charge is 2.65. The van der Waals surface area contributed by atoms with Gasteiger partial charge in [0.15, 0.2) is 0 Å². The van der Waals surface area contributed by atoms with Crippen LogP contribution < -0.4 is 0 Å². The summed E-state index contributed by atoms with van der Waals surface area (Å²) in [4.78, 5) is 0. The zero-order valence-electron chi connectivity index (χ0n) is 15.7. The van der Waals surface area contributed by atoms with E-state index in [4.69, 9.17) is 0 Å². The van der Waals surface area contributed by atoms with Crippen molar-refractivity contribution >= 4 is 0 Å². The van der Waals surface area contributed by atoms with Crippen LogP contribution in [0.15, 0.2) is 0 Å². The van der Waals surface area contributed by atoms with E-state index in [1.807, 2.05) is 0 Å². The first-order valence-electron chi connectivity index (χ1n) is 10.3. The molecule has 0 saturated heterocycles. The van der Waals surface area contributed by atoms with Crippen LogP contribution in [-0.2, 0) is 0 Å². The SMILES string of the molecule is C[C@H](O)[C@]1(O)CC[C@@H]2[C@@H]3CC[C@@H]4C[C@H](O)CC[C@]4(C)[C@@H]3CC[C@@]21C. The van der Waals surface area contributed by atoms with Crippen LogP contribution in [0.25, 0.3) is 0 Å². The summed E-state index contributed by atoms with van der Waals surface area (Å²) in [6.45, 7) is 6.53. The standard InChI is InChI=1S/C21H36O3/c1-13(22)21(24)11-8-18-16-5-4-14-12-15(23)6-9-19(14,2)17(16)7-10-20(18,21)3/h13-18,22-24H,4-12H2,1-3H3/t13-,14+,15+,16+,17+,18+,19-,20-,21+/m0/s1. The van der Waals surface area contributed by atoms with E-state index in [1.54, 1.807) is 6.92 Å². The van der Waals surface area contributed by atoms with Gasteiger partial charge in [0.2, 0.25) is 0 Å². The maximum Gasteiger partial charge on any atom is 0.0958 e. The molecule has 4 fully saturated rings. The number of hydrogen-bond acceptors (Lipinski definition) is 3. The zero-order chi connectivity index (χ0) is 17.3. The number of fused-ring (bicyclic) bond motifs is 5. The Hall–Kier alpha value is -0.120. The molecule has 0 radical (unpaired) electrons. The molecule has 4 rings (SSSR count). The Labute approximate surface area is 146 Å². The van der Waals surface area contributed by atoms with E-state index in [1.165, 1.54) is 25.7 Å². The number of hydrogen-bond donors (Lipinski definition) is 3. The molecule has 0 aliphatic heterocycles. The minimum Gasteiger partial charge on any atom is -0.393 e. The number of aliphatic hydroxyl groups excluding tert-OH is 2. The predicted octanol–water partition coefficient (Wildman–Crippen LogP) is 3.50. The van der Waals surface area contributed by atoms with E-state index in [0.717, 1.165) is 38.0 Å². The molecule has 3 N–H and O–H groups in total. The molecule has 4 saturated carbocycles. The fourth-order valence-electron chi connectivity index (χ4n) is 7.97. The minimum absolute atomic E-state index is 0.0831. The summed E-state index contributed by atoms with van der Waals surface area (Å²) in [5, 5.41) is 31.7. The van der Waals surface area contributed by atoms with Crippen molar-refractivity contribution in [2.45, 2.75) is 96.4 Å². The largest absolute Gasteiger partial charge is 0.393 e. The molecule has 24 heavy (non-hydrogen) atoms. The molecule has 0 aromatic heterocycles. The van der Waals surface area contributed by atoms with Gasteiger partial charge >= 0.3 is 0 Å². The fraction of sp³-hybridized carbons (Fsp3) is 1.00. The molecule has 138 valence electrons. The van der Waals surface area contributed by atoms with Gasteiger partial charge in [-0.1, -0.05) is 13.8 Å². The second kappa shape index (κ2) is 5.44. The Morgan fingerprint density at radius 3 is 2.33 bits per heavy atom. The Kier molecular flexibility index (Phi) is 3.92. The van der Waals surface area contributed by atoms with Crippen molar-refractivity contribution in [2.75, 3.05) is 0 Å². The van der Waals surface area contributed by atoms with E-state index in [0.29, 0.717) is 23.2 Å². The molecular weight excluding hydrogens is 300 g/mol. The molecule has 3 heteroatoms. The van der Waals surface area contributed by atoms with Crippen LogP contribution in [-0.4, -0.2) is 33.1 Å². The lowest BCUT2D eigenvalue weighted by atomic mass is 9.44. The molecule has 0 aromatic carbocycles. The first kappa shape index (κ1) is 17.3. The van der Waals surface area contributed by atoms with Gasteiger partial charge in [-0.25, -0.2) is 0 Å².